The molecule has 3 rings (SSSR count). The zero-order chi connectivity index (χ0) is 21.3. The smallest absolute Gasteiger partial charge is 0.320 e. The zero-order valence-electron chi connectivity index (χ0n) is 16.6. The largest absolute Gasteiger partial charge is 0.497 e. The Balaban J connectivity index is 1.91. The summed E-state index contributed by atoms with van der Waals surface area (Å²) in [5.74, 6) is 0.589. The molecule has 0 bridgehead atoms. The molecule has 0 aliphatic carbocycles. The van der Waals surface area contributed by atoms with Gasteiger partial charge in [-0.15, -0.1) is 0 Å². The Morgan fingerprint density at radius 1 is 1.03 bits per heavy atom. The van der Waals surface area contributed by atoms with Gasteiger partial charge in [-0.3, -0.25) is 15.1 Å². The van der Waals surface area contributed by atoms with Crippen LogP contribution < -0.4 is 26.0 Å². The maximum atomic E-state index is 12.8. The van der Waals surface area contributed by atoms with Crippen molar-refractivity contribution in [3.63, 3.8) is 0 Å². The van der Waals surface area contributed by atoms with Crippen LogP contribution in [0.1, 0.15) is 17.3 Å². The summed E-state index contributed by atoms with van der Waals surface area (Å²) in [6, 6.07) is 11.9. The number of hydrogen-bond donors (Lipinski definition) is 4. The van der Waals surface area contributed by atoms with Gasteiger partial charge in [-0.05, 0) is 31.2 Å². The molecule has 0 aliphatic heterocycles. The van der Waals surface area contributed by atoms with Gasteiger partial charge < -0.3 is 20.7 Å². The van der Waals surface area contributed by atoms with E-state index in [1.807, 2.05) is 25.1 Å². The first-order valence-electron chi connectivity index (χ1n) is 9.26. The van der Waals surface area contributed by atoms with Gasteiger partial charge >= 0.3 is 6.03 Å². The van der Waals surface area contributed by atoms with Crippen LogP contribution in [0.2, 0.25) is 0 Å². The van der Waals surface area contributed by atoms with Gasteiger partial charge in [0.05, 0.1) is 30.2 Å². The highest BCUT2D eigenvalue weighted by atomic mass is 16.5. The number of carbonyl (C=O) groups excluding carboxylic acids is 2. The first kappa shape index (κ1) is 20.6. The second-order valence-corrected chi connectivity index (χ2v) is 6.15. The van der Waals surface area contributed by atoms with Gasteiger partial charge in [0.25, 0.3) is 5.91 Å². The quantitative estimate of drug-likeness (QED) is 0.476. The van der Waals surface area contributed by atoms with E-state index in [0.29, 0.717) is 40.7 Å². The summed E-state index contributed by atoms with van der Waals surface area (Å²) >= 11 is 0. The molecule has 4 N–H and O–H groups in total. The molecule has 2 aromatic heterocycles. The maximum absolute atomic E-state index is 12.8. The van der Waals surface area contributed by atoms with E-state index in [2.05, 4.69) is 31.2 Å². The standard InChI is InChI=1S/C21H22N6O3/c1-3-23-21(29)27-19-11-18(25-14-6-4-8-16(10-14)30-2)17(13-24-19)20(28)26-15-7-5-9-22-12-15/h4-13H,3H2,1-2H3,(H,26,28)(H3,23,24,25,27,29). The topological polar surface area (TPSA) is 117 Å². The number of methoxy groups -OCH3 is 1. The molecule has 30 heavy (non-hydrogen) atoms. The molecule has 0 atom stereocenters. The van der Waals surface area contributed by atoms with Gasteiger partial charge in [0.15, 0.2) is 0 Å². The predicted octanol–water partition coefficient (Wildman–Crippen LogP) is 3.62. The van der Waals surface area contributed by atoms with Crippen molar-refractivity contribution in [3.05, 3.63) is 66.6 Å². The number of pyridine rings is 2. The number of nitrogens with zero attached hydrogens (tertiary/aromatic N) is 2. The van der Waals surface area contributed by atoms with Crippen LogP contribution in [0.15, 0.2) is 61.1 Å². The molecule has 0 fully saturated rings. The average Bonchev–Trinajstić information content (AvgIpc) is 2.75. The number of hydrogen-bond acceptors (Lipinski definition) is 6. The van der Waals surface area contributed by atoms with E-state index in [-0.39, 0.29) is 11.9 Å². The van der Waals surface area contributed by atoms with E-state index >= 15 is 0 Å². The fourth-order valence-corrected chi connectivity index (χ4v) is 2.62. The van der Waals surface area contributed by atoms with Crippen LogP contribution in [0.4, 0.5) is 27.7 Å². The van der Waals surface area contributed by atoms with Gasteiger partial charge in [-0.2, -0.15) is 0 Å². The van der Waals surface area contributed by atoms with Crippen LogP contribution in [-0.4, -0.2) is 35.6 Å². The van der Waals surface area contributed by atoms with Gasteiger partial charge in [0.2, 0.25) is 0 Å². The minimum atomic E-state index is -0.384. The number of ether oxygens (including phenoxy) is 1. The number of rotatable bonds is 7. The molecule has 0 saturated carbocycles. The third-order valence-corrected chi connectivity index (χ3v) is 4.00. The minimum Gasteiger partial charge on any atom is -0.497 e. The van der Waals surface area contributed by atoms with E-state index in [1.54, 1.807) is 43.8 Å². The highest BCUT2D eigenvalue weighted by Crippen LogP contribution is 2.26. The van der Waals surface area contributed by atoms with Crippen molar-refractivity contribution < 1.29 is 14.3 Å². The number of carbonyl (C=O) groups is 2. The summed E-state index contributed by atoms with van der Waals surface area (Å²) in [6.45, 7) is 2.29. The molecule has 9 nitrogen and oxygen atoms in total. The van der Waals surface area contributed by atoms with Crippen LogP contribution in [0.3, 0.4) is 0 Å². The summed E-state index contributed by atoms with van der Waals surface area (Å²) in [6.07, 6.45) is 4.57. The van der Waals surface area contributed by atoms with Crippen molar-refractivity contribution in [2.45, 2.75) is 6.92 Å². The number of benzene rings is 1. The Morgan fingerprint density at radius 3 is 2.60 bits per heavy atom. The van der Waals surface area contributed by atoms with E-state index in [9.17, 15) is 9.59 Å². The number of nitrogens with one attached hydrogen (secondary N) is 4. The fraction of sp³-hybridized carbons (Fsp3) is 0.143. The maximum Gasteiger partial charge on any atom is 0.320 e. The monoisotopic (exact) mass is 406 g/mol. The predicted molar refractivity (Wildman–Crippen MR) is 115 cm³/mol. The number of anilines is 4. The third kappa shape index (κ3) is 5.44. The Morgan fingerprint density at radius 2 is 1.87 bits per heavy atom. The van der Waals surface area contributed by atoms with E-state index in [4.69, 9.17) is 4.74 Å². The molecule has 0 aliphatic rings. The van der Waals surface area contributed by atoms with Gasteiger partial charge in [0.1, 0.15) is 11.6 Å². The summed E-state index contributed by atoms with van der Waals surface area (Å²) in [7, 11) is 1.58. The number of urea groups is 1. The molecule has 0 unspecified atom stereocenters. The summed E-state index contributed by atoms with van der Waals surface area (Å²) in [5.41, 5.74) is 2.02. The highest BCUT2D eigenvalue weighted by Gasteiger charge is 2.15. The lowest BCUT2D eigenvalue weighted by atomic mass is 10.2. The lowest BCUT2D eigenvalue weighted by Gasteiger charge is -2.14. The molecule has 2 heterocycles. The highest BCUT2D eigenvalue weighted by molar-refractivity contribution is 6.08. The second kappa shape index (κ2) is 9.87. The van der Waals surface area contributed by atoms with E-state index < -0.39 is 0 Å². The lowest BCUT2D eigenvalue weighted by Crippen LogP contribution is -2.28. The van der Waals surface area contributed by atoms with Crippen molar-refractivity contribution in [1.29, 1.82) is 0 Å². The van der Waals surface area contributed by atoms with Crippen molar-refractivity contribution >= 4 is 34.8 Å². The second-order valence-electron chi connectivity index (χ2n) is 6.15. The molecule has 3 amide bonds. The van der Waals surface area contributed by atoms with Crippen molar-refractivity contribution in [3.8, 4) is 5.75 Å². The van der Waals surface area contributed by atoms with Gasteiger partial charge in [0, 0.05) is 36.8 Å². The van der Waals surface area contributed by atoms with E-state index in [0.717, 1.165) is 0 Å². The Bertz CT molecular complexity index is 1030. The normalized spacial score (nSPS) is 10.1. The first-order valence-corrected chi connectivity index (χ1v) is 9.26. The molecule has 0 radical (unpaired) electrons. The van der Waals surface area contributed by atoms with Crippen LogP contribution in [-0.2, 0) is 0 Å². The molecule has 9 heteroatoms. The van der Waals surface area contributed by atoms with Crippen LogP contribution in [0.5, 0.6) is 5.75 Å². The minimum absolute atomic E-state index is 0.295. The molecular formula is C21H22N6O3. The fourth-order valence-electron chi connectivity index (χ4n) is 2.62. The first-order chi connectivity index (χ1) is 14.6. The zero-order valence-corrected chi connectivity index (χ0v) is 16.6. The van der Waals surface area contributed by atoms with Crippen LogP contribution in [0.25, 0.3) is 0 Å². The Labute approximate surface area is 173 Å². The van der Waals surface area contributed by atoms with Gasteiger partial charge in [-0.1, -0.05) is 6.07 Å². The molecule has 0 saturated heterocycles. The van der Waals surface area contributed by atoms with Crippen LogP contribution >= 0.6 is 0 Å². The number of aromatic nitrogens is 2. The molecule has 1 aromatic carbocycles. The molecule has 154 valence electrons. The Hall–Kier alpha value is -4.14. The van der Waals surface area contributed by atoms with Crippen LogP contribution in [0, 0.1) is 0 Å². The molecular weight excluding hydrogens is 384 g/mol. The third-order valence-electron chi connectivity index (χ3n) is 4.00. The average molecular weight is 406 g/mol. The lowest BCUT2D eigenvalue weighted by molar-refractivity contribution is 0.102. The summed E-state index contributed by atoms with van der Waals surface area (Å²) < 4.78 is 5.25. The van der Waals surface area contributed by atoms with Gasteiger partial charge in [-0.25, -0.2) is 9.78 Å². The summed E-state index contributed by atoms with van der Waals surface area (Å²) in [5, 5.41) is 11.2. The van der Waals surface area contributed by atoms with E-state index in [1.165, 1.54) is 6.20 Å². The molecule has 3 aromatic rings. The van der Waals surface area contributed by atoms with Crippen molar-refractivity contribution in [1.82, 2.24) is 15.3 Å². The summed E-state index contributed by atoms with van der Waals surface area (Å²) in [4.78, 5) is 32.9. The Kier molecular flexibility index (Phi) is 6.78. The SMILES string of the molecule is CCNC(=O)Nc1cc(Nc2cccc(OC)c2)c(C(=O)Nc2cccnc2)cn1. The number of amides is 3. The molecule has 0 spiro atoms. The van der Waals surface area contributed by atoms with Crippen molar-refractivity contribution in [2.75, 3.05) is 29.6 Å². The van der Waals surface area contributed by atoms with Crippen molar-refractivity contribution in [2.24, 2.45) is 0 Å².